The molecule has 1 aromatic rings. The number of rotatable bonds is 1. The summed E-state index contributed by atoms with van der Waals surface area (Å²) in [7, 11) is 0. The second-order valence-electron chi connectivity index (χ2n) is 5.76. The Kier molecular flexibility index (Phi) is 3.93. The molecule has 0 aromatic heterocycles. The molecule has 0 aliphatic carbocycles. The zero-order chi connectivity index (χ0) is 14.8. The fourth-order valence-electron chi connectivity index (χ4n) is 2.02. The summed E-state index contributed by atoms with van der Waals surface area (Å²) >= 11 is 0. The van der Waals surface area contributed by atoms with Gasteiger partial charge in [-0.2, -0.15) is 0 Å². The number of benzene rings is 1. The third-order valence-electron chi connectivity index (χ3n) is 2.93. The van der Waals surface area contributed by atoms with Gasteiger partial charge in [0.05, 0.1) is 0 Å². The third kappa shape index (κ3) is 3.47. The molecule has 0 unspecified atom stereocenters. The number of hydrogen-bond acceptors (Lipinski definition) is 3. The summed E-state index contributed by atoms with van der Waals surface area (Å²) < 4.78 is 5.23. The smallest absolute Gasteiger partial charge is 0.417 e. The van der Waals surface area contributed by atoms with Crippen LogP contribution in [0.4, 0.5) is 4.79 Å². The van der Waals surface area contributed by atoms with E-state index in [1.54, 1.807) is 20.8 Å². The summed E-state index contributed by atoms with van der Waals surface area (Å²) in [4.78, 5) is 25.1. The van der Waals surface area contributed by atoms with E-state index in [1.807, 2.05) is 30.3 Å². The summed E-state index contributed by atoms with van der Waals surface area (Å²) in [5.41, 5.74) is 1.38. The second kappa shape index (κ2) is 5.49. The van der Waals surface area contributed by atoms with Crippen LogP contribution in [0.2, 0.25) is 0 Å². The number of carbonyl (C=O) groups is 2. The number of nitrogens with zero attached hydrogens (tertiary/aromatic N) is 1. The molecule has 0 spiro atoms. The minimum Gasteiger partial charge on any atom is -0.443 e. The van der Waals surface area contributed by atoms with Gasteiger partial charge in [0.15, 0.2) is 0 Å². The minimum atomic E-state index is -0.596. The molecule has 1 aliphatic heterocycles. The molecule has 2 amide bonds. The molecule has 0 radical (unpaired) electrons. The van der Waals surface area contributed by atoms with Crippen molar-refractivity contribution in [2.45, 2.75) is 32.8 Å². The van der Waals surface area contributed by atoms with Gasteiger partial charge in [0.2, 0.25) is 0 Å². The van der Waals surface area contributed by atoms with E-state index in [0.29, 0.717) is 13.0 Å². The Hall–Kier alpha value is -2.10. The van der Waals surface area contributed by atoms with Crippen molar-refractivity contribution in [3.05, 3.63) is 42.0 Å². The van der Waals surface area contributed by atoms with Crippen molar-refractivity contribution in [1.29, 1.82) is 0 Å². The SMILES string of the molecule is CC(C)(C)OC(=O)N1CCC(c2ccccc2)=CC1=O. The highest BCUT2D eigenvalue weighted by atomic mass is 16.6. The molecule has 1 aromatic carbocycles. The predicted octanol–water partition coefficient (Wildman–Crippen LogP) is 3.24. The molecule has 0 saturated heterocycles. The first kappa shape index (κ1) is 14.3. The van der Waals surface area contributed by atoms with E-state index < -0.39 is 11.7 Å². The highest BCUT2D eigenvalue weighted by molar-refractivity contribution is 6.04. The lowest BCUT2D eigenvalue weighted by Crippen LogP contribution is -2.42. The largest absolute Gasteiger partial charge is 0.443 e. The van der Waals surface area contributed by atoms with Gasteiger partial charge in [0.1, 0.15) is 5.60 Å². The highest BCUT2D eigenvalue weighted by Gasteiger charge is 2.29. The fourth-order valence-corrected chi connectivity index (χ4v) is 2.02. The first-order chi connectivity index (χ1) is 9.37. The van der Waals surface area contributed by atoms with Crippen LogP contribution in [-0.4, -0.2) is 29.0 Å². The molecule has 2 rings (SSSR count). The number of amides is 2. The van der Waals surface area contributed by atoms with Crippen molar-refractivity contribution < 1.29 is 14.3 Å². The molecule has 4 nitrogen and oxygen atoms in total. The van der Waals surface area contributed by atoms with Crippen LogP contribution >= 0.6 is 0 Å². The minimum absolute atomic E-state index is 0.315. The maximum atomic E-state index is 12.1. The zero-order valence-corrected chi connectivity index (χ0v) is 12.1. The maximum Gasteiger partial charge on any atom is 0.417 e. The van der Waals surface area contributed by atoms with Crippen molar-refractivity contribution in [3.63, 3.8) is 0 Å². The molecular formula is C16H19NO3. The van der Waals surface area contributed by atoms with E-state index in [4.69, 9.17) is 4.74 Å². The van der Waals surface area contributed by atoms with E-state index >= 15 is 0 Å². The van der Waals surface area contributed by atoms with Crippen molar-refractivity contribution >= 4 is 17.6 Å². The van der Waals surface area contributed by atoms with E-state index in [1.165, 1.54) is 6.08 Å². The molecule has 0 bridgehead atoms. The average Bonchev–Trinajstić information content (AvgIpc) is 2.37. The lowest BCUT2D eigenvalue weighted by molar-refractivity contribution is -0.125. The molecular weight excluding hydrogens is 254 g/mol. The second-order valence-corrected chi connectivity index (χ2v) is 5.76. The predicted molar refractivity (Wildman–Crippen MR) is 77.0 cm³/mol. The van der Waals surface area contributed by atoms with Gasteiger partial charge in [-0.1, -0.05) is 30.3 Å². The van der Waals surface area contributed by atoms with Gasteiger partial charge in [0.25, 0.3) is 5.91 Å². The number of ether oxygens (including phenoxy) is 1. The van der Waals surface area contributed by atoms with Crippen LogP contribution < -0.4 is 0 Å². The Morgan fingerprint density at radius 1 is 1.20 bits per heavy atom. The van der Waals surface area contributed by atoms with E-state index in [9.17, 15) is 9.59 Å². The maximum absolute atomic E-state index is 12.1. The van der Waals surface area contributed by atoms with Crippen LogP contribution in [0.3, 0.4) is 0 Å². The van der Waals surface area contributed by atoms with Crippen LogP contribution in [0.5, 0.6) is 0 Å². The Labute approximate surface area is 119 Å². The van der Waals surface area contributed by atoms with Crippen molar-refractivity contribution in [2.75, 3.05) is 6.54 Å². The Bertz CT molecular complexity index is 541. The lowest BCUT2D eigenvalue weighted by atomic mass is 9.99. The van der Waals surface area contributed by atoms with Gasteiger partial charge in [-0.3, -0.25) is 4.79 Å². The summed E-state index contributed by atoms with van der Waals surface area (Å²) in [5.74, 6) is -0.315. The van der Waals surface area contributed by atoms with E-state index in [-0.39, 0.29) is 5.91 Å². The van der Waals surface area contributed by atoms with Crippen LogP contribution in [0, 0.1) is 0 Å². The standard InChI is InChI=1S/C16H19NO3/c1-16(2,3)20-15(19)17-10-9-13(11-14(17)18)12-7-5-4-6-8-12/h4-8,11H,9-10H2,1-3H3. The number of imide groups is 1. The van der Waals surface area contributed by atoms with Crippen LogP contribution in [0.1, 0.15) is 32.8 Å². The molecule has 4 heteroatoms. The zero-order valence-electron chi connectivity index (χ0n) is 12.1. The van der Waals surface area contributed by atoms with E-state index in [2.05, 4.69) is 0 Å². The van der Waals surface area contributed by atoms with Gasteiger partial charge in [0, 0.05) is 12.6 Å². The summed E-state index contributed by atoms with van der Waals surface area (Å²) in [5, 5.41) is 0. The van der Waals surface area contributed by atoms with E-state index in [0.717, 1.165) is 16.0 Å². The van der Waals surface area contributed by atoms with Crippen molar-refractivity contribution in [2.24, 2.45) is 0 Å². The number of carbonyl (C=O) groups excluding carboxylic acids is 2. The molecule has 0 saturated carbocycles. The molecule has 0 atom stereocenters. The Balaban J connectivity index is 2.11. The quantitative estimate of drug-likeness (QED) is 0.789. The lowest BCUT2D eigenvalue weighted by Gasteiger charge is -2.28. The molecule has 1 aliphatic rings. The van der Waals surface area contributed by atoms with Gasteiger partial charge in [-0.05, 0) is 38.3 Å². The molecule has 0 fully saturated rings. The van der Waals surface area contributed by atoms with Crippen molar-refractivity contribution in [1.82, 2.24) is 4.90 Å². The monoisotopic (exact) mass is 273 g/mol. The molecule has 0 N–H and O–H groups in total. The molecule has 106 valence electrons. The topological polar surface area (TPSA) is 46.6 Å². The third-order valence-corrected chi connectivity index (χ3v) is 2.93. The highest BCUT2D eigenvalue weighted by Crippen LogP contribution is 2.23. The van der Waals surface area contributed by atoms with Gasteiger partial charge >= 0.3 is 6.09 Å². The number of hydrogen-bond donors (Lipinski definition) is 0. The van der Waals surface area contributed by atoms with Gasteiger partial charge in [-0.15, -0.1) is 0 Å². The summed E-state index contributed by atoms with van der Waals surface area (Å²) in [6.45, 7) is 5.70. The first-order valence-electron chi connectivity index (χ1n) is 6.67. The van der Waals surface area contributed by atoms with Gasteiger partial charge < -0.3 is 4.74 Å². The molecule has 1 heterocycles. The molecule has 20 heavy (non-hydrogen) atoms. The Morgan fingerprint density at radius 3 is 2.40 bits per heavy atom. The average molecular weight is 273 g/mol. The fraction of sp³-hybridized carbons (Fsp3) is 0.375. The normalized spacial score (nSPS) is 15.8. The first-order valence-corrected chi connectivity index (χ1v) is 6.67. The van der Waals surface area contributed by atoms with Crippen LogP contribution in [0.15, 0.2) is 36.4 Å². The van der Waals surface area contributed by atoms with Crippen molar-refractivity contribution in [3.8, 4) is 0 Å². The van der Waals surface area contributed by atoms with Gasteiger partial charge in [-0.25, -0.2) is 9.69 Å². The van der Waals surface area contributed by atoms with Crippen LogP contribution in [0.25, 0.3) is 5.57 Å². The van der Waals surface area contributed by atoms with Crippen LogP contribution in [-0.2, 0) is 9.53 Å². The summed E-state index contributed by atoms with van der Waals surface area (Å²) in [6, 6.07) is 9.72. The summed E-state index contributed by atoms with van der Waals surface area (Å²) in [6.07, 6.45) is 1.59. The Morgan fingerprint density at radius 2 is 1.85 bits per heavy atom.